The zero-order valence-corrected chi connectivity index (χ0v) is 11.5. The summed E-state index contributed by atoms with van der Waals surface area (Å²) < 4.78 is 1.77. The highest BCUT2D eigenvalue weighted by atomic mass is 16.3. The third-order valence-corrected chi connectivity index (χ3v) is 3.79. The van der Waals surface area contributed by atoms with Crippen LogP contribution in [0.25, 0.3) is 0 Å². The van der Waals surface area contributed by atoms with Crippen molar-refractivity contribution in [1.29, 1.82) is 0 Å². The van der Waals surface area contributed by atoms with Crippen molar-refractivity contribution in [3.8, 4) is 0 Å². The number of aromatic nitrogens is 2. The molecule has 0 saturated carbocycles. The zero-order chi connectivity index (χ0) is 13.9. The first-order valence-corrected chi connectivity index (χ1v) is 6.49. The predicted molar refractivity (Wildman–Crippen MR) is 75.8 cm³/mol. The summed E-state index contributed by atoms with van der Waals surface area (Å²) in [6.07, 6.45) is 3.95. The van der Waals surface area contributed by atoms with E-state index in [1.165, 1.54) is 0 Å². The maximum atomic E-state index is 10.3. The fourth-order valence-electron chi connectivity index (χ4n) is 2.55. The molecule has 3 N–H and O–H groups in total. The van der Waals surface area contributed by atoms with Gasteiger partial charge >= 0.3 is 0 Å². The Morgan fingerprint density at radius 1 is 1.37 bits per heavy atom. The molecule has 0 radical (unpaired) electrons. The van der Waals surface area contributed by atoms with E-state index in [0.717, 1.165) is 11.1 Å². The molecule has 4 nitrogen and oxygen atoms in total. The number of aliphatic hydroxyl groups is 1. The molecule has 2 rings (SSSR count). The van der Waals surface area contributed by atoms with E-state index in [9.17, 15) is 5.11 Å². The van der Waals surface area contributed by atoms with Gasteiger partial charge in [-0.05, 0) is 24.5 Å². The molecule has 19 heavy (non-hydrogen) atoms. The molecular weight excluding hydrogens is 238 g/mol. The lowest BCUT2D eigenvalue weighted by atomic mass is 9.72. The zero-order valence-electron chi connectivity index (χ0n) is 11.5. The SMILES string of the molecule is CC(O)C(CN)(Cc1cnn(C)c1)c1ccccc1. The number of hydrogen-bond acceptors (Lipinski definition) is 3. The number of rotatable bonds is 5. The molecule has 0 bridgehead atoms. The van der Waals surface area contributed by atoms with Crippen LogP contribution < -0.4 is 5.73 Å². The summed E-state index contributed by atoms with van der Waals surface area (Å²) in [5.41, 5.74) is 7.69. The van der Waals surface area contributed by atoms with Gasteiger partial charge in [0.05, 0.1) is 12.3 Å². The minimum absolute atomic E-state index is 0.392. The van der Waals surface area contributed by atoms with Crippen LogP contribution in [0.4, 0.5) is 0 Å². The van der Waals surface area contributed by atoms with Crippen molar-refractivity contribution in [2.75, 3.05) is 6.54 Å². The summed E-state index contributed by atoms with van der Waals surface area (Å²) in [4.78, 5) is 0. The van der Waals surface area contributed by atoms with Crippen LogP contribution in [-0.2, 0) is 18.9 Å². The summed E-state index contributed by atoms with van der Waals surface area (Å²) in [6, 6.07) is 9.97. The van der Waals surface area contributed by atoms with E-state index in [4.69, 9.17) is 5.73 Å². The number of hydrogen-bond donors (Lipinski definition) is 2. The van der Waals surface area contributed by atoms with Crippen molar-refractivity contribution >= 4 is 0 Å². The highest BCUT2D eigenvalue weighted by Gasteiger charge is 2.36. The predicted octanol–water partition coefficient (Wildman–Crippen LogP) is 1.24. The molecule has 1 aromatic carbocycles. The van der Waals surface area contributed by atoms with Crippen LogP contribution in [0.3, 0.4) is 0 Å². The van der Waals surface area contributed by atoms with Gasteiger partial charge < -0.3 is 10.8 Å². The number of benzene rings is 1. The smallest absolute Gasteiger partial charge is 0.0624 e. The van der Waals surface area contributed by atoms with Gasteiger partial charge in [0, 0.05) is 25.2 Å². The Bertz CT molecular complexity index is 521. The topological polar surface area (TPSA) is 64.1 Å². The molecule has 0 amide bonds. The first-order valence-electron chi connectivity index (χ1n) is 6.49. The van der Waals surface area contributed by atoms with Gasteiger partial charge in [-0.15, -0.1) is 0 Å². The summed E-state index contributed by atoms with van der Waals surface area (Å²) in [5, 5.41) is 14.5. The molecule has 102 valence electrons. The third-order valence-electron chi connectivity index (χ3n) is 3.79. The van der Waals surface area contributed by atoms with E-state index in [2.05, 4.69) is 5.10 Å². The van der Waals surface area contributed by atoms with Crippen LogP contribution in [0.1, 0.15) is 18.1 Å². The van der Waals surface area contributed by atoms with Crippen LogP contribution in [-0.4, -0.2) is 27.5 Å². The van der Waals surface area contributed by atoms with Gasteiger partial charge in [-0.3, -0.25) is 4.68 Å². The lowest BCUT2D eigenvalue weighted by Crippen LogP contribution is -2.46. The molecule has 1 heterocycles. The van der Waals surface area contributed by atoms with Crippen LogP contribution >= 0.6 is 0 Å². The van der Waals surface area contributed by atoms with Gasteiger partial charge in [0.25, 0.3) is 0 Å². The maximum absolute atomic E-state index is 10.3. The Labute approximate surface area is 113 Å². The number of aliphatic hydroxyl groups excluding tert-OH is 1. The molecule has 2 atom stereocenters. The maximum Gasteiger partial charge on any atom is 0.0624 e. The van der Waals surface area contributed by atoms with E-state index in [-0.39, 0.29) is 0 Å². The lowest BCUT2D eigenvalue weighted by molar-refractivity contribution is 0.100. The van der Waals surface area contributed by atoms with Crippen LogP contribution in [0, 0.1) is 0 Å². The second-order valence-corrected chi connectivity index (χ2v) is 5.10. The van der Waals surface area contributed by atoms with Gasteiger partial charge in [-0.1, -0.05) is 30.3 Å². The highest BCUT2D eigenvalue weighted by Crippen LogP contribution is 2.31. The second kappa shape index (κ2) is 5.55. The average molecular weight is 259 g/mol. The molecule has 0 aliphatic rings. The Kier molecular flexibility index (Phi) is 4.02. The van der Waals surface area contributed by atoms with Crippen LogP contribution in [0.5, 0.6) is 0 Å². The Morgan fingerprint density at radius 2 is 2.05 bits per heavy atom. The molecule has 0 aliphatic carbocycles. The van der Waals surface area contributed by atoms with Gasteiger partial charge in [-0.2, -0.15) is 5.10 Å². The Hall–Kier alpha value is -1.65. The van der Waals surface area contributed by atoms with E-state index < -0.39 is 11.5 Å². The van der Waals surface area contributed by atoms with Crippen LogP contribution in [0.2, 0.25) is 0 Å². The van der Waals surface area contributed by atoms with E-state index in [0.29, 0.717) is 13.0 Å². The summed E-state index contributed by atoms with van der Waals surface area (Å²) >= 11 is 0. The monoisotopic (exact) mass is 259 g/mol. The number of nitrogens with two attached hydrogens (primary N) is 1. The Balaban J connectivity index is 2.40. The van der Waals surface area contributed by atoms with Crippen molar-refractivity contribution in [2.24, 2.45) is 12.8 Å². The van der Waals surface area contributed by atoms with Crippen molar-refractivity contribution in [2.45, 2.75) is 24.9 Å². The first-order chi connectivity index (χ1) is 9.08. The van der Waals surface area contributed by atoms with Crippen molar-refractivity contribution in [3.63, 3.8) is 0 Å². The van der Waals surface area contributed by atoms with Crippen molar-refractivity contribution < 1.29 is 5.11 Å². The molecule has 0 spiro atoms. The quantitative estimate of drug-likeness (QED) is 0.849. The highest BCUT2D eigenvalue weighted by molar-refractivity contribution is 5.30. The minimum atomic E-state index is -0.528. The van der Waals surface area contributed by atoms with E-state index >= 15 is 0 Å². The average Bonchev–Trinajstić information content (AvgIpc) is 2.82. The van der Waals surface area contributed by atoms with Gasteiger partial charge in [0.1, 0.15) is 0 Å². The van der Waals surface area contributed by atoms with E-state index in [1.807, 2.05) is 49.8 Å². The molecule has 1 aromatic heterocycles. The molecule has 0 fully saturated rings. The Morgan fingerprint density at radius 3 is 2.53 bits per heavy atom. The molecule has 2 unspecified atom stereocenters. The van der Waals surface area contributed by atoms with Crippen molar-refractivity contribution in [3.05, 3.63) is 53.9 Å². The fraction of sp³-hybridized carbons (Fsp3) is 0.400. The fourth-order valence-corrected chi connectivity index (χ4v) is 2.55. The third kappa shape index (κ3) is 2.69. The van der Waals surface area contributed by atoms with E-state index in [1.54, 1.807) is 11.6 Å². The summed E-state index contributed by atoms with van der Waals surface area (Å²) in [5.74, 6) is 0. The molecule has 0 aliphatic heterocycles. The summed E-state index contributed by atoms with van der Waals surface area (Å²) in [7, 11) is 1.89. The lowest BCUT2D eigenvalue weighted by Gasteiger charge is -2.36. The largest absolute Gasteiger partial charge is 0.392 e. The molecule has 0 saturated heterocycles. The van der Waals surface area contributed by atoms with Gasteiger partial charge in [0.15, 0.2) is 0 Å². The first kappa shape index (κ1) is 13.8. The standard InChI is InChI=1S/C15H21N3O/c1-12(19)15(11-16,14-6-4-3-5-7-14)8-13-9-17-18(2)10-13/h3-7,9-10,12,19H,8,11,16H2,1-2H3. The van der Waals surface area contributed by atoms with Crippen LogP contribution in [0.15, 0.2) is 42.7 Å². The van der Waals surface area contributed by atoms with Gasteiger partial charge in [0.2, 0.25) is 0 Å². The minimum Gasteiger partial charge on any atom is -0.392 e. The number of aryl methyl sites for hydroxylation is 1. The molecular formula is C15H21N3O. The normalized spacial score (nSPS) is 16.0. The molecule has 4 heteroatoms. The second-order valence-electron chi connectivity index (χ2n) is 5.10. The molecule has 2 aromatic rings. The summed E-state index contributed by atoms with van der Waals surface area (Å²) in [6.45, 7) is 2.19. The van der Waals surface area contributed by atoms with Crippen molar-refractivity contribution in [1.82, 2.24) is 9.78 Å². The van der Waals surface area contributed by atoms with Gasteiger partial charge in [-0.25, -0.2) is 0 Å². The number of nitrogens with zero attached hydrogens (tertiary/aromatic N) is 2.